The van der Waals surface area contributed by atoms with Crippen LogP contribution in [0.3, 0.4) is 0 Å². The third-order valence-electron chi connectivity index (χ3n) is 17.3. The van der Waals surface area contributed by atoms with Gasteiger partial charge < -0.3 is 115 Å². The van der Waals surface area contributed by atoms with E-state index in [1.54, 1.807) is 139 Å². The van der Waals surface area contributed by atoms with Crippen molar-refractivity contribution in [2.75, 3.05) is 89.9 Å². The van der Waals surface area contributed by atoms with Crippen molar-refractivity contribution in [1.29, 1.82) is 0 Å². The standard InChI is InChI=1S/C70H85N25O12/c1-85(2)21-14-18-71-57(96)16-19-74-62(99)49-24-41(32-88(49)5)76-64(101)51-26-43(34-90(51)7)78-66(103)53-28-45(36-92(53)9)80-68(105)55-30-47(38-94(55)11)82-70(107)60-84-56(39-95(60)12)83-58(97)15-13-17-73-61(98)48-23-40(31-87(48)4)75-63(100)50-25-42(33-89(50)6)77-65(102)52-27-44(35-91(52)8)79-67(104)54-29-46(37-93(54)10)81-69(106)59-72-20-22-86(59)3/h20,22-28,30-39,54H,13-19,21,29H2,1-12H3,(H,71,96)(H,73,98)(H,74,99)(H,75,100)(H,76,101)(H,77,102)(H,78,103)(H,79,104)(H,80,105)(H,81,106)(H,82,107)(H,83,97). The molecule has 0 saturated carbocycles. The Labute approximate surface area is 613 Å². The van der Waals surface area contributed by atoms with Gasteiger partial charge in [-0.1, -0.05) is 0 Å². The van der Waals surface area contributed by atoms with E-state index in [2.05, 4.69) is 73.8 Å². The van der Waals surface area contributed by atoms with E-state index in [1.807, 2.05) is 19.0 Å². The highest BCUT2D eigenvalue weighted by molar-refractivity contribution is 6.11. The van der Waals surface area contributed by atoms with E-state index >= 15 is 0 Å². The highest BCUT2D eigenvalue weighted by atomic mass is 16.2. The van der Waals surface area contributed by atoms with Crippen LogP contribution < -0.4 is 63.8 Å². The van der Waals surface area contributed by atoms with Crippen LogP contribution in [0.1, 0.15) is 127 Å². The SMILES string of the molecule is CN(C)CCCNC(=O)CCNC(=O)c1cc(NC(=O)c2cc(NC(=O)c3cc(NC(=O)c4cc(NC(=O)c5nc(NC(=O)CCCNC(=O)c6cc(NC(=O)c7cc(NC(=O)c8cc(NC(=O)C9CC(NC(=O)c%10nccn%10C)=CN9C)cn8C)cn7C)cn6C)cn5C)cn4C)cn3C)cn2C)cn1C. The number of nitrogens with zero attached hydrogens (tertiary/aromatic N) is 13. The molecule has 9 aromatic heterocycles. The Balaban J connectivity index is 0.627. The van der Waals surface area contributed by atoms with E-state index in [4.69, 9.17) is 0 Å². The Morgan fingerprint density at radius 2 is 0.757 bits per heavy atom. The van der Waals surface area contributed by atoms with E-state index in [9.17, 15) is 57.5 Å². The minimum Gasteiger partial charge on any atom is -0.367 e. The first-order chi connectivity index (χ1) is 50.8. The van der Waals surface area contributed by atoms with Gasteiger partial charge in [0, 0.05) is 183 Å². The van der Waals surface area contributed by atoms with Gasteiger partial charge in [0.2, 0.25) is 23.5 Å². The highest BCUT2D eigenvalue weighted by Crippen LogP contribution is 2.26. The van der Waals surface area contributed by atoms with Crippen molar-refractivity contribution >= 4 is 117 Å². The molecule has 12 N–H and O–H groups in total. The quantitative estimate of drug-likeness (QED) is 0.0287. The predicted molar refractivity (Wildman–Crippen MR) is 396 cm³/mol. The molecule has 0 aromatic carbocycles. The van der Waals surface area contributed by atoms with Crippen LogP contribution in [0.4, 0.5) is 45.6 Å². The van der Waals surface area contributed by atoms with Gasteiger partial charge in [0.25, 0.3) is 53.2 Å². The maximum atomic E-state index is 13.6. The van der Waals surface area contributed by atoms with Crippen LogP contribution in [-0.2, 0) is 77.8 Å². The van der Waals surface area contributed by atoms with Crippen LogP contribution >= 0.6 is 0 Å². The van der Waals surface area contributed by atoms with E-state index < -0.39 is 65.1 Å². The average Bonchev–Trinajstić information content (AvgIpc) is 1.68. The van der Waals surface area contributed by atoms with Gasteiger partial charge in [0.05, 0.1) is 39.8 Å². The van der Waals surface area contributed by atoms with Gasteiger partial charge in [0.15, 0.2) is 11.6 Å². The number of hydrogen-bond donors (Lipinski definition) is 12. The van der Waals surface area contributed by atoms with Crippen LogP contribution in [0.25, 0.3) is 0 Å². The van der Waals surface area contributed by atoms with Crippen LogP contribution in [-0.4, -0.2) is 185 Å². The molecule has 37 nitrogen and oxygen atoms in total. The Hall–Kier alpha value is -13.5. The lowest BCUT2D eigenvalue weighted by Gasteiger charge is -2.19. The monoisotopic (exact) mass is 1470 g/mol. The van der Waals surface area contributed by atoms with Crippen molar-refractivity contribution in [1.82, 2.24) is 82.1 Å². The van der Waals surface area contributed by atoms with Crippen molar-refractivity contribution < 1.29 is 57.5 Å². The second-order valence-electron chi connectivity index (χ2n) is 26.1. The number of imidazole rings is 2. The van der Waals surface area contributed by atoms with E-state index in [0.29, 0.717) is 40.7 Å². The number of amides is 12. The molecule has 9 aromatic rings. The van der Waals surface area contributed by atoms with E-state index in [-0.39, 0.29) is 119 Å². The zero-order valence-electron chi connectivity index (χ0n) is 61.0. The summed E-state index contributed by atoms with van der Waals surface area (Å²) >= 11 is 0. The van der Waals surface area contributed by atoms with E-state index in [1.165, 1.54) is 88.5 Å². The first-order valence-electron chi connectivity index (χ1n) is 33.7. The van der Waals surface area contributed by atoms with Gasteiger partial charge in [-0.05, 0) is 75.9 Å². The number of likely N-dealkylation sites (N-methyl/N-ethyl adjacent to an activating group) is 1. The van der Waals surface area contributed by atoms with Crippen LogP contribution in [0.2, 0.25) is 0 Å². The number of aromatic nitrogens is 11. The highest BCUT2D eigenvalue weighted by Gasteiger charge is 2.31. The van der Waals surface area contributed by atoms with Crippen LogP contribution in [0.15, 0.2) is 116 Å². The lowest BCUT2D eigenvalue weighted by Crippen LogP contribution is -2.36. The molecule has 1 aliphatic rings. The number of nitrogens with one attached hydrogen (secondary N) is 12. The van der Waals surface area contributed by atoms with Gasteiger partial charge >= 0.3 is 0 Å². The van der Waals surface area contributed by atoms with Crippen molar-refractivity contribution in [2.45, 2.75) is 38.1 Å². The predicted octanol–water partition coefficient (Wildman–Crippen LogP) is 3.29. The van der Waals surface area contributed by atoms with Crippen LogP contribution in [0.5, 0.6) is 0 Å². The molecule has 1 aliphatic heterocycles. The zero-order chi connectivity index (χ0) is 77.2. The molecule has 0 radical (unpaired) electrons. The maximum Gasteiger partial charge on any atom is 0.291 e. The largest absolute Gasteiger partial charge is 0.367 e. The molecule has 0 aliphatic carbocycles. The third kappa shape index (κ3) is 18.9. The summed E-state index contributed by atoms with van der Waals surface area (Å²) in [5.41, 5.74) is 4.10. The summed E-state index contributed by atoms with van der Waals surface area (Å²) in [6, 6.07) is 9.77. The molecular formula is C70H85N25O12. The molecule has 0 spiro atoms. The normalized spacial score (nSPS) is 12.5. The number of aryl methyl sites for hydroxylation is 9. The fourth-order valence-electron chi connectivity index (χ4n) is 11.9. The molecular weight excluding hydrogens is 1380 g/mol. The molecule has 0 fully saturated rings. The first-order valence-corrected chi connectivity index (χ1v) is 33.7. The number of rotatable bonds is 30. The number of hydrogen-bond acceptors (Lipinski definition) is 16. The molecule has 10 rings (SSSR count). The molecule has 0 saturated heterocycles. The summed E-state index contributed by atoms with van der Waals surface area (Å²) in [7, 11) is 20.3. The number of anilines is 8. The minimum absolute atomic E-state index is 0.0253. The molecule has 37 heteroatoms. The summed E-state index contributed by atoms with van der Waals surface area (Å²) in [4.78, 5) is 171. The summed E-state index contributed by atoms with van der Waals surface area (Å²) in [5, 5.41) is 33.3. The maximum absolute atomic E-state index is 13.6. The van der Waals surface area contributed by atoms with Crippen molar-refractivity contribution in [3.63, 3.8) is 0 Å². The van der Waals surface area contributed by atoms with Crippen molar-refractivity contribution in [2.24, 2.45) is 63.4 Å². The Kier molecular flexibility index (Phi) is 23.4. The molecule has 562 valence electrons. The Morgan fingerprint density at radius 1 is 0.383 bits per heavy atom. The van der Waals surface area contributed by atoms with Gasteiger partial charge in [0.1, 0.15) is 45.9 Å². The lowest BCUT2D eigenvalue weighted by molar-refractivity contribution is -0.121. The fraction of sp³-hybridized carbons (Fsp3) is 0.314. The Morgan fingerprint density at radius 3 is 1.16 bits per heavy atom. The minimum atomic E-state index is -0.648. The second-order valence-corrected chi connectivity index (χ2v) is 26.1. The molecule has 107 heavy (non-hydrogen) atoms. The van der Waals surface area contributed by atoms with Crippen molar-refractivity contribution in [3.05, 3.63) is 168 Å². The van der Waals surface area contributed by atoms with Crippen LogP contribution in [0, 0.1) is 0 Å². The average molecular weight is 1470 g/mol. The number of carbonyl (C=O) groups is 12. The van der Waals surface area contributed by atoms with Gasteiger partial charge in [-0.3, -0.25) is 57.5 Å². The molecule has 0 bridgehead atoms. The molecule has 12 amide bonds. The smallest absolute Gasteiger partial charge is 0.291 e. The number of carbonyl (C=O) groups excluding carboxylic acids is 12. The zero-order valence-corrected chi connectivity index (χ0v) is 61.0. The lowest BCUT2D eigenvalue weighted by atomic mass is 10.2. The molecule has 1 atom stereocenters. The van der Waals surface area contributed by atoms with Gasteiger partial charge in [-0.2, -0.15) is 0 Å². The first kappa shape index (κ1) is 76.2. The van der Waals surface area contributed by atoms with Gasteiger partial charge in [-0.15, -0.1) is 0 Å². The molecule has 1 unspecified atom stereocenters. The summed E-state index contributed by atoms with van der Waals surface area (Å²) < 4.78 is 13.7. The van der Waals surface area contributed by atoms with Gasteiger partial charge in [-0.25, -0.2) is 9.97 Å². The topological polar surface area (TPSA) is 426 Å². The summed E-state index contributed by atoms with van der Waals surface area (Å²) in [6.07, 6.45) is 18.5. The summed E-state index contributed by atoms with van der Waals surface area (Å²) in [5.74, 6) is -5.33. The third-order valence-corrected chi connectivity index (χ3v) is 17.3. The second kappa shape index (κ2) is 32.9. The Bertz CT molecular complexity index is 4990. The molecule has 10 heterocycles. The van der Waals surface area contributed by atoms with E-state index in [0.717, 1.165) is 13.0 Å². The van der Waals surface area contributed by atoms with Crippen molar-refractivity contribution in [3.8, 4) is 0 Å². The summed E-state index contributed by atoms with van der Waals surface area (Å²) in [6.45, 7) is 1.61. The fourth-order valence-corrected chi connectivity index (χ4v) is 11.9.